The van der Waals surface area contributed by atoms with Crippen LogP contribution in [0.1, 0.15) is 40.5 Å². The Kier molecular flexibility index (Phi) is 13.6. The summed E-state index contributed by atoms with van der Waals surface area (Å²) in [4.78, 5) is 63.1. The van der Waals surface area contributed by atoms with E-state index in [0.29, 0.717) is 26.1 Å². The average molecular weight is 614 g/mol. The van der Waals surface area contributed by atoms with E-state index in [-0.39, 0.29) is 18.9 Å². The molecule has 18 nitrogen and oxygen atoms in total. The van der Waals surface area contributed by atoms with Crippen molar-refractivity contribution in [2.45, 2.75) is 76.5 Å². The van der Waals surface area contributed by atoms with Gasteiger partial charge in [0.25, 0.3) is 0 Å². The molecule has 5 atom stereocenters. The molecule has 0 aromatic rings. The van der Waals surface area contributed by atoms with Crippen molar-refractivity contribution in [2.75, 3.05) is 39.9 Å². The molecular formula is C25H39N7O11. The number of azide groups is 1. The van der Waals surface area contributed by atoms with Gasteiger partial charge in [-0.1, -0.05) is 5.11 Å². The van der Waals surface area contributed by atoms with Crippen LogP contribution in [-0.2, 0) is 38.0 Å². The summed E-state index contributed by atoms with van der Waals surface area (Å²) in [7, 11) is 1.10. The second-order valence-corrected chi connectivity index (χ2v) is 10.4. The minimum absolute atomic E-state index is 0.151. The number of amides is 3. The Bertz CT molecular complexity index is 1090. The third-order valence-electron chi connectivity index (χ3n) is 5.81. The van der Waals surface area contributed by atoms with Crippen LogP contribution < -0.4 is 21.3 Å². The third-order valence-corrected chi connectivity index (χ3v) is 5.81. The van der Waals surface area contributed by atoms with Crippen LogP contribution in [0.15, 0.2) is 16.9 Å². The van der Waals surface area contributed by atoms with Crippen LogP contribution in [0.4, 0.5) is 14.4 Å². The molecule has 1 saturated heterocycles. The van der Waals surface area contributed by atoms with Crippen LogP contribution in [0.25, 0.3) is 10.4 Å². The number of rotatable bonds is 14. The van der Waals surface area contributed by atoms with E-state index in [4.69, 9.17) is 34.0 Å². The van der Waals surface area contributed by atoms with Gasteiger partial charge in [0.2, 0.25) is 11.7 Å². The monoisotopic (exact) mass is 613 g/mol. The first kappa shape index (κ1) is 34.8. The Balaban J connectivity index is 1.96. The first-order valence-electron chi connectivity index (χ1n) is 13.6. The molecule has 0 unspecified atom stereocenters. The molecule has 0 saturated carbocycles. The lowest BCUT2D eigenvalue weighted by Gasteiger charge is -2.39. The number of carbonyl (C=O) groups excluding carboxylic acids is 5. The fourth-order valence-electron chi connectivity index (χ4n) is 4.05. The molecule has 4 N–H and O–H groups in total. The van der Waals surface area contributed by atoms with E-state index in [9.17, 15) is 24.0 Å². The highest BCUT2D eigenvalue weighted by Crippen LogP contribution is 2.29. The topological polar surface area (TPSA) is 238 Å². The van der Waals surface area contributed by atoms with Gasteiger partial charge in [-0.25, -0.2) is 19.2 Å². The third kappa shape index (κ3) is 12.1. The summed E-state index contributed by atoms with van der Waals surface area (Å²) >= 11 is 0. The van der Waals surface area contributed by atoms with Crippen LogP contribution in [-0.4, -0.2) is 106 Å². The second kappa shape index (κ2) is 16.9. The fourth-order valence-corrected chi connectivity index (χ4v) is 4.05. The van der Waals surface area contributed by atoms with Crippen LogP contribution in [0, 0.1) is 0 Å². The Morgan fingerprint density at radius 3 is 2.40 bits per heavy atom. The molecule has 43 heavy (non-hydrogen) atoms. The highest BCUT2D eigenvalue weighted by Gasteiger charge is 2.49. The van der Waals surface area contributed by atoms with E-state index in [1.54, 1.807) is 20.8 Å². The van der Waals surface area contributed by atoms with Crippen molar-refractivity contribution in [3.05, 3.63) is 22.3 Å². The number of ether oxygens (including phenoxy) is 6. The van der Waals surface area contributed by atoms with Gasteiger partial charge in [-0.2, -0.15) is 0 Å². The largest absolute Gasteiger partial charge is 0.508 e. The molecule has 0 spiro atoms. The first-order valence-corrected chi connectivity index (χ1v) is 13.6. The lowest BCUT2D eigenvalue weighted by atomic mass is 9.92. The summed E-state index contributed by atoms with van der Waals surface area (Å²) in [6.07, 6.45) is -3.76. The number of cyclic esters (lactones) is 2. The molecule has 2 aliphatic rings. The van der Waals surface area contributed by atoms with Crippen molar-refractivity contribution in [2.24, 2.45) is 5.11 Å². The standard InChI is InChI=1S/C25H39N7O11/c1-14(33)30-18-15(31-32-26)12-16(21(34)38-5)40-20(18)19(17-13-39-24(37)41-17)42-22(35)29-11-10-27-8-6-7-9-28-23(36)43-25(2,3)4/h12,15,17-20,27H,6-11,13H2,1-5H3,(H,28,36)(H,29,35)(H,30,33)/t15-,17+,18+,19+,20+/m0/s1. The SMILES string of the molecule is COC(=O)C1=C[C@H](N=[N+]=[N-])[C@@H](NC(C)=O)[C@H]([C@H](OC(=O)NCCNCCCCNC(=O)OC(C)(C)C)[C@H]2COC(=O)O2)O1. The van der Waals surface area contributed by atoms with E-state index in [1.807, 2.05) is 0 Å². The first-order chi connectivity index (χ1) is 20.3. The molecule has 240 valence electrons. The van der Waals surface area contributed by atoms with Gasteiger partial charge in [0.05, 0.1) is 19.2 Å². The zero-order chi connectivity index (χ0) is 32.0. The lowest BCUT2D eigenvalue weighted by molar-refractivity contribution is -0.147. The molecule has 0 aliphatic carbocycles. The van der Waals surface area contributed by atoms with Crippen LogP contribution in [0.2, 0.25) is 0 Å². The molecule has 0 radical (unpaired) electrons. The van der Waals surface area contributed by atoms with Crippen molar-refractivity contribution in [3.8, 4) is 0 Å². The summed E-state index contributed by atoms with van der Waals surface area (Å²) in [5.41, 5.74) is 8.51. The Hall–Kier alpha value is -4.44. The van der Waals surface area contributed by atoms with E-state index in [2.05, 4.69) is 31.3 Å². The van der Waals surface area contributed by atoms with Gasteiger partial charge in [-0.3, -0.25) is 4.79 Å². The van der Waals surface area contributed by atoms with E-state index >= 15 is 0 Å². The average Bonchev–Trinajstić information content (AvgIpc) is 3.36. The zero-order valence-corrected chi connectivity index (χ0v) is 24.7. The second-order valence-electron chi connectivity index (χ2n) is 10.4. The summed E-state index contributed by atoms with van der Waals surface area (Å²) < 4.78 is 31.2. The lowest BCUT2D eigenvalue weighted by Crippen LogP contribution is -2.60. The molecular weight excluding hydrogens is 574 g/mol. The minimum atomic E-state index is -1.42. The van der Waals surface area contributed by atoms with Crippen LogP contribution >= 0.6 is 0 Å². The van der Waals surface area contributed by atoms with E-state index < -0.39 is 66.2 Å². The van der Waals surface area contributed by atoms with Gasteiger partial charge in [-0.15, -0.1) is 0 Å². The van der Waals surface area contributed by atoms with Gasteiger partial charge in [0, 0.05) is 31.5 Å². The molecule has 0 aromatic carbocycles. The Morgan fingerprint density at radius 2 is 1.79 bits per heavy atom. The number of nitrogens with one attached hydrogen (secondary N) is 4. The number of carbonyl (C=O) groups is 5. The number of alkyl carbamates (subject to hydrolysis) is 2. The fraction of sp³-hybridized carbons (Fsp3) is 0.720. The number of nitrogens with zero attached hydrogens (tertiary/aromatic N) is 3. The maximum absolute atomic E-state index is 12.8. The molecule has 0 bridgehead atoms. The van der Waals surface area contributed by atoms with Gasteiger partial charge < -0.3 is 49.7 Å². The van der Waals surface area contributed by atoms with Gasteiger partial charge in [0.15, 0.2) is 18.3 Å². The van der Waals surface area contributed by atoms with E-state index in [1.165, 1.54) is 6.92 Å². The zero-order valence-electron chi connectivity index (χ0n) is 24.7. The van der Waals surface area contributed by atoms with Crippen molar-refractivity contribution < 1.29 is 52.4 Å². The number of hydrogen-bond acceptors (Lipinski definition) is 13. The molecule has 2 aliphatic heterocycles. The number of unbranched alkanes of at least 4 members (excludes halogenated alkanes) is 1. The quantitative estimate of drug-likeness (QED) is 0.0539. The minimum Gasteiger partial charge on any atom is -0.477 e. The van der Waals surface area contributed by atoms with Crippen molar-refractivity contribution in [1.82, 2.24) is 21.3 Å². The maximum Gasteiger partial charge on any atom is 0.508 e. The Morgan fingerprint density at radius 1 is 1.09 bits per heavy atom. The molecule has 3 amide bonds. The number of methoxy groups -OCH3 is 1. The molecule has 2 heterocycles. The normalized spacial score (nSPS) is 21.8. The van der Waals surface area contributed by atoms with Crippen molar-refractivity contribution in [1.29, 1.82) is 0 Å². The Labute approximate surface area is 248 Å². The van der Waals surface area contributed by atoms with Crippen molar-refractivity contribution >= 4 is 30.2 Å². The molecule has 18 heteroatoms. The summed E-state index contributed by atoms with van der Waals surface area (Å²) in [5, 5.41) is 14.6. The van der Waals surface area contributed by atoms with Crippen molar-refractivity contribution in [3.63, 3.8) is 0 Å². The van der Waals surface area contributed by atoms with Crippen LogP contribution in [0.3, 0.4) is 0 Å². The summed E-state index contributed by atoms with van der Waals surface area (Å²) in [6, 6.07) is -2.29. The van der Waals surface area contributed by atoms with Gasteiger partial charge in [-0.05, 0) is 51.8 Å². The van der Waals surface area contributed by atoms with E-state index in [0.717, 1.165) is 19.6 Å². The molecule has 0 aromatic heterocycles. The summed E-state index contributed by atoms with van der Waals surface area (Å²) in [6.45, 7) is 7.82. The number of hydrogen-bond donors (Lipinski definition) is 4. The molecule has 1 fully saturated rings. The smallest absolute Gasteiger partial charge is 0.477 e. The highest BCUT2D eigenvalue weighted by atomic mass is 16.8. The summed E-state index contributed by atoms with van der Waals surface area (Å²) in [5.74, 6) is -1.82. The highest BCUT2D eigenvalue weighted by molar-refractivity contribution is 5.86. The van der Waals surface area contributed by atoms with Crippen LogP contribution in [0.5, 0.6) is 0 Å². The van der Waals surface area contributed by atoms with Gasteiger partial charge in [0.1, 0.15) is 12.2 Å². The number of esters is 1. The van der Waals surface area contributed by atoms with Gasteiger partial charge >= 0.3 is 24.3 Å². The maximum atomic E-state index is 12.8. The molecule has 2 rings (SSSR count). The predicted octanol–water partition coefficient (Wildman–Crippen LogP) is 1.15. The predicted molar refractivity (Wildman–Crippen MR) is 146 cm³/mol.